The first-order valence-electron chi connectivity index (χ1n) is 41.5. The van der Waals surface area contributed by atoms with E-state index in [9.17, 15) is 4.57 Å². The molecule has 570 valence electrons. The maximum absolute atomic E-state index is 15.0. The zero-order valence-electron chi connectivity index (χ0n) is 66.0. The Morgan fingerprint density at radius 3 is 0.902 bits per heavy atom. The normalized spacial score (nSPS) is 13.3. The second-order valence-electron chi connectivity index (χ2n) is 31.9. The van der Waals surface area contributed by atoms with Crippen molar-refractivity contribution in [3.05, 3.63) is 475 Å². The van der Waals surface area contributed by atoms with Crippen molar-refractivity contribution in [3.63, 3.8) is 0 Å². The molecule has 122 heavy (non-hydrogen) atoms. The van der Waals surface area contributed by atoms with Crippen LogP contribution in [0.5, 0.6) is 0 Å². The Morgan fingerprint density at radius 2 is 0.500 bits per heavy atom. The van der Waals surface area contributed by atoms with Gasteiger partial charge in [0.25, 0.3) is 0 Å². The minimum atomic E-state index is -3.06. The van der Waals surface area contributed by atoms with Crippen LogP contribution in [0.4, 0.5) is 0 Å². The van der Waals surface area contributed by atoms with Gasteiger partial charge in [-0.1, -0.05) is 424 Å². The molecule has 0 amide bonds. The monoisotopic (exact) mass is 1610 g/mol. The third-order valence-corrected chi connectivity index (χ3v) is 31.1. The van der Waals surface area contributed by atoms with E-state index in [1.165, 1.54) is 103 Å². The molecule has 2 spiro atoms. The molecule has 0 saturated heterocycles. The number of aromatic nitrogens is 4. The number of hydrogen-bond donors (Lipinski definition) is 0. The Hall–Kier alpha value is -14.4. The number of hydrogen-bond acceptors (Lipinski definition) is 7. The van der Waals surface area contributed by atoms with Gasteiger partial charge in [0.15, 0.2) is 13.0 Å². The summed E-state index contributed by atoms with van der Waals surface area (Å²) in [5, 5.41) is 10.7. The summed E-state index contributed by atoms with van der Waals surface area (Å²) in [5.74, 6) is 0.728. The average molecular weight is 1610 g/mol. The molecule has 0 atom stereocenters. The summed E-state index contributed by atoms with van der Waals surface area (Å²) in [4.78, 5) is 26.0. The van der Waals surface area contributed by atoms with Gasteiger partial charge < -0.3 is 4.57 Å². The van der Waals surface area contributed by atoms with Crippen LogP contribution >= 0.6 is 30.7 Å². The Morgan fingerprint density at radius 1 is 0.205 bits per heavy atom. The molecule has 5 nitrogen and oxygen atoms in total. The largest absolute Gasteiger partial charge is 0.309 e. The van der Waals surface area contributed by atoms with Gasteiger partial charge >= 0.3 is 0 Å². The molecule has 21 aromatic rings. The zero-order valence-corrected chi connectivity index (χ0v) is 68.5. The van der Waals surface area contributed by atoms with E-state index in [4.69, 9.17) is 19.9 Å². The summed E-state index contributed by atoms with van der Waals surface area (Å²) in [5.41, 5.74) is 29.5. The average Bonchev–Trinajstić information content (AvgIpc) is 1.46. The smallest absolute Gasteiger partial charge is 0.171 e. The van der Waals surface area contributed by atoms with Crippen molar-refractivity contribution < 1.29 is 4.57 Å². The van der Waals surface area contributed by atoms with Gasteiger partial charge in [-0.15, -0.1) is 0 Å². The fourth-order valence-electron chi connectivity index (χ4n) is 20.2. The lowest BCUT2D eigenvalue weighted by molar-refractivity contribution is 0.592. The van der Waals surface area contributed by atoms with Gasteiger partial charge in [0.05, 0.1) is 44.5 Å². The quantitative estimate of drug-likeness (QED) is 0.105. The number of nitrogens with zero attached hydrogens (tertiary/aromatic N) is 4. The molecule has 2 aliphatic carbocycles. The highest BCUT2D eigenvalue weighted by molar-refractivity contribution is 8.00. The third kappa shape index (κ3) is 11.0. The molecule has 0 bridgehead atoms. The molecular formula is C114H71N4OPS2. The maximum Gasteiger partial charge on any atom is 0.171 e. The Balaban J connectivity index is 0.000000138. The topological polar surface area (TPSA) is 68.6 Å². The van der Waals surface area contributed by atoms with Crippen molar-refractivity contribution in [2.45, 2.75) is 30.4 Å². The molecule has 8 heteroatoms. The summed E-state index contributed by atoms with van der Waals surface area (Å²) in [6.45, 7) is 0. The van der Waals surface area contributed by atoms with E-state index < -0.39 is 18.0 Å². The molecule has 0 unspecified atom stereocenters. The second-order valence-corrected chi connectivity index (χ2v) is 36.8. The van der Waals surface area contributed by atoms with Crippen molar-refractivity contribution >= 4 is 101 Å². The molecular weight excluding hydrogens is 1540 g/mol. The van der Waals surface area contributed by atoms with Crippen LogP contribution in [0.2, 0.25) is 0 Å². The summed E-state index contributed by atoms with van der Waals surface area (Å²) in [6.07, 6.45) is 0. The van der Waals surface area contributed by atoms with Crippen LogP contribution in [0.1, 0.15) is 44.5 Å². The molecule has 0 saturated carbocycles. The fourth-order valence-corrected chi connectivity index (χ4v) is 25.5. The number of fused-ring (bicyclic) bond motifs is 27. The zero-order chi connectivity index (χ0) is 80.6. The van der Waals surface area contributed by atoms with E-state index >= 15 is 0 Å². The Bertz CT molecular complexity index is 7760. The van der Waals surface area contributed by atoms with Gasteiger partial charge in [0.2, 0.25) is 0 Å². The highest BCUT2D eigenvalue weighted by atomic mass is 32.2. The SMILES string of the molecule is O=P(c1ccccc1)(c1ccccc1)c1ccc(-c2ccc(-c3nc4ccccc4c4c5c(ccc34)C3(c4ccccc4S5)c4ccccc4-c4ccccc43)cc2)cc1.c1ccc(-c2nc(-c3ccc(-c4ccc(-c5nc6ccccc6c6c7c(ccc56)C5(c6ccccc6S7)c6ccccc6-c6ccccc65)cc4)cc3)c3ccccc3n2)cc1. The number of benzene rings is 18. The van der Waals surface area contributed by atoms with Crippen LogP contribution in [0.3, 0.4) is 0 Å². The summed E-state index contributed by atoms with van der Waals surface area (Å²) < 4.78 is 15.0. The minimum absolute atomic E-state index is 0.439. The summed E-state index contributed by atoms with van der Waals surface area (Å²) >= 11 is 3.80. The molecule has 4 aliphatic rings. The first-order chi connectivity index (χ1) is 60.4. The predicted octanol–water partition coefficient (Wildman–Crippen LogP) is 28.0. The molecule has 0 radical (unpaired) electrons. The Kier molecular flexibility index (Phi) is 16.8. The highest BCUT2D eigenvalue weighted by Crippen LogP contribution is 2.66. The van der Waals surface area contributed by atoms with Gasteiger partial charge in [0.1, 0.15) is 0 Å². The summed E-state index contributed by atoms with van der Waals surface area (Å²) in [6, 6.07) is 154. The first-order valence-corrected chi connectivity index (χ1v) is 44.8. The van der Waals surface area contributed by atoms with Gasteiger partial charge in [-0.25, -0.2) is 19.9 Å². The lowest BCUT2D eigenvalue weighted by Crippen LogP contribution is -2.32. The first kappa shape index (κ1) is 71.7. The van der Waals surface area contributed by atoms with Gasteiger partial charge in [0, 0.05) is 95.5 Å². The van der Waals surface area contributed by atoms with Crippen molar-refractivity contribution in [1.29, 1.82) is 0 Å². The highest BCUT2D eigenvalue weighted by Gasteiger charge is 2.52. The lowest BCUT2D eigenvalue weighted by atomic mass is 9.67. The standard InChI is InChI=1S/C58H35N3S.C56H36NOPS/c1-2-14-40(15-3-1)57-60-51-24-12-7-19-44(51)54(61-57)38-30-26-36(27-31-38)37-28-32-39(33-29-37)55-45-34-35-49-56(53(45)43-18-6-11-23-50(43)59-55)62-52-25-13-10-22-48(52)58(49)46-20-8-4-16-41(46)42-17-5-9-21-47(42)58;58-59(40-15-3-1-4-16-40,41-17-5-2-6-18-41)42-33-31-38(32-34-42)37-27-29-39(30-28-37)54-46-35-36-50-55(53(46)45-21-9-13-25-51(45)57-54)60-52-26-14-12-24-49(52)56(50)47-22-10-7-19-43(47)44-20-8-11-23-48(44)56/h1-35H;1-36H. The van der Waals surface area contributed by atoms with Gasteiger partial charge in [-0.3, -0.25) is 0 Å². The minimum Gasteiger partial charge on any atom is -0.309 e. The van der Waals surface area contributed by atoms with Crippen LogP contribution < -0.4 is 15.9 Å². The third-order valence-electron chi connectivity index (χ3n) is 25.6. The number of pyridine rings is 2. The van der Waals surface area contributed by atoms with Crippen molar-refractivity contribution in [3.8, 4) is 89.7 Å². The number of para-hydroxylation sites is 3. The van der Waals surface area contributed by atoms with Crippen molar-refractivity contribution in [2.24, 2.45) is 0 Å². The Labute approximate surface area is 715 Å². The van der Waals surface area contributed by atoms with Gasteiger partial charge in [-0.05, 0) is 119 Å². The van der Waals surface area contributed by atoms with E-state index in [0.717, 1.165) is 121 Å². The van der Waals surface area contributed by atoms with Crippen LogP contribution in [0, 0.1) is 0 Å². The van der Waals surface area contributed by atoms with E-state index in [1.54, 1.807) is 0 Å². The maximum atomic E-state index is 15.0. The van der Waals surface area contributed by atoms with Gasteiger partial charge in [-0.2, -0.15) is 0 Å². The van der Waals surface area contributed by atoms with Crippen LogP contribution in [-0.2, 0) is 15.4 Å². The molecule has 18 aromatic carbocycles. The van der Waals surface area contributed by atoms with Crippen LogP contribution in [0.15, 0.2) is 450 Å². The van der Waals surface area contributed by atoms with E-state index in [0.29, 0.717) is 0 Å². The molecule has 3 aromatic heterocycles. The summed E-state index contributed by atoms with van der Waals surface area (Å²) in [7, 11) is -3.06. The molecule has 5 heterocycles. The van der Waals surface area contributed by atoms with E-state index in [1.807, 2.05) is 121 Å². The fraction of sp³-hybridized carbons (Fsp3) is 0.0175. The van der Waals surface area contributed by atoms with Crippen LogP contribution in [0.25, 0.3) is 144 Å². The number of rotatable bonds is 9. The molecule has 0 fully saturated rings. The van der Waals surface area contributed by atoms with Crippen LogP contribution in [-0.4, -0.2) is 19.9 Å². The van der Waals surface area contributed by atoms with E-state index in [-0.39, 0.29) is 0 Å². The second kappa shape index (κ2) is 28.7. The molecule has 2 aliphatic heterocycles. The van der Waals surface area contributed by atoms with E-state index in [2.05, 4.69) is 334 Å². The molecule has 25 rings (SSSR count). The van der Waals surface area contributed by atoms with Crippen molar-refractivity contribution in [1.82, 2.24) is 19.9 Å². The van der Waals surface area contributed by atoms with Crippen molar-refractivity contribution in [2.75, 3.05) is 0 Å². The lowest BCUT2D eigenvalue weighted by Gasteiger charge is -2.40. The predicted molar refractivity (Wildman–Crippen MR) is 506 cm³/mol. The molecule has 0 N–H and O–H groups in total.